The lowest BCUT2D eigenvalue weighted by atomic mass is 10.2. The van der Waals surface area contributed by atoms with Gasteiger partial charge in [0, 0.05) is 11.8 Å². The summed E-state index contributed by atoms with van der Waals surface area (Å²) in [5.74, 6) is 0.496. The molecule has 0 amide bonds. The molecule has 0 atom stereocenters. The second-order valence-corrected chi connectivity index (χ2v) is 6.93. The summed E-state index contributed by atoms with van der Waals surface area (Å²) in [5, 5.41) is 10.2. The van der Waals surface area contributed by atoms with E-state index < -0.39 is 11.6 Å². The van der Waals surface area contributed by atoms with Gasteiger partial charge in [-0.25, -0.2) is 13.8 Å². The van der Waals surface area contributed by atoms with Crippen LogP contribution in [-0.2, 0) is 18.9 Å². The van der Waals surface area contributed by atoms with Crippen LogP contribution in [0.4, 0.5) is 8.78 Å². The van der Waals surface area contributed by atoms with Crippen molar-refractivity contribution >= 4 is 11.8 Å². The maximum atomic E-state index is 13.9. The Hall–Kier alpha value is -2.58. The van der Waals surface area contributed by atoms with Crippen molar-refractivity contribution in [1.82, 2.24) is 9.55 Å². The summed E-state index contributed by atoms with van der Waals surface area (Å²) in [5.41, 5.74) is 2.00. The first-order chi connectivity index (χ1) is 13.1. The van der Waals surface area contributed by atoms with Crippen molar-refractivity contribution < 1.29 is 23.4 Å². The molecular formula is C19H16F2N2O3S. The first-order valence-corrected chi connectivity index (χ1v) is 9.23. The van der Waals surface area contributed by atoms with Gasteiger partial charge in [-0.05, 0) is 29.3 Å². The van der Waals surface area contributed by atoms with E-state index in [-0.39, 0.29) is 13.4 Å². The third kappa shape index (κ3) is 3.77. The quantitative estimate of drug-likeness (QED) is 0.650. The SMILES string of the molecule is OCc1cnc(SCc2ccc(F)cc2F)n1Cc1ccc2c(c1)OCO2. The molecule has 140 valence electrons. The highest BCUT2D eigenvalue weighted by molar-refractivity contribution is 7.98. The van der Waals surface area contributed by atoms with Crippen LogP contribution < -0.4 is 9.47 Å². The van der Waals surface area contributed by atoms with E-state index in [2.05, 4.69) is 4.98 Å². The molecule has 1 aromatic heterocycles. The third-order valence-corrected chi connectivity index (χ3v) is 5.25. The topological polar surface area (TPSA) is 56.5 Å². The normalized spacial score (nSPS) is 12.6. The molecule has 5 nitrogen and oxygen atoms in total. The number of ether oxygens (including phenoxy) is 2. The number of hydrogen-bond acceptors (Lipinski definition) is 5. The van der Waals surface area contributed by atoms with Gasteiger partial charge in [0.05, 0.1) is 25.0 Å². The van der Waals surface area contributed by atoms with Gasteiger partial charge in [-0.1, -0.05) is 23.9 Å². The van der Waals surface area contributed by atoms with Crippen LogP contribution in [0.1, 0.15) is 16.8 Å². The third-order valence-electron chi connectivity index (χ3n) is 4.21. The standard InChI is InChI=1S/C19H16F2N2O3S/c20-14-3-2-13(16(21)6-14)10-27-19-22-7-15(9-24)23(19)8-12-1-4-17-18(5-12)26-11-25-17/h1-7,24H,8-11H2. The molecule has 2 heterocycles. The molecule has 0 radical (unpaired) electrons. The van der Waals surface area contributed by atoms with Crippen molar-refractivity contribution in [2.24, 2.45) is 0 Å². The summed E-state index contributed by atoms with van der Waals surface area (Å²) >= 11 is 1.32. The Morgan fingerprint density at radius 1 is 1.11 bits per heavy atom. The van der Waals surface area contributed by atoms with Crippen LogP contribution in [0.25, 0.3) is 0 Å². The van der Waals surface area contributed by atoms with Crippen LogP contribution in [0, 0.1) is 11.6 Å². The smallest absolute Gasteiger partial charge is 0.231 e. The highest BCUT2D eigenvalue weighted by atomic mass is 32.2. The lowest BCUT2D eigenvalue weighted by Crippen LogP contribution is -2.06. The molecule has 0 fully saturated rings. The molecule has 1 aliphatic heterocycles. The number of hydrogen-bond donors (Lipinski definition) is 1. The number of aromatic nitrogens is 2. The van der Waals surface area contributed by atoms with Crippen LogP contribution in [0.3, 0.4) is 0 Å². The van der Waals surface area contributed by atoms with Crippen molar-refractivity contribution in [2.45, 2.75) is 24.1 Å². The number of thioether (sulfide) groups is 1. The van der Waals surface area contributed by atoms with Gasteiger partial charge in [0.25, 0.3) is 0 Å². The number of halogens is 2. The summed E-state index contributed by atoms with van der Waals surface area (Å²) in [6.45, 7) is 0.514. The summed E-state index contributed by atoms with van der Waals surface area (Å²) in [7, 11) is 0. The molecule has 0 unspecified atom stereocenters. The summed E-state index contributed by atoms with van der Waals surface area (Å²) in [6.07, 6.45) is 1.59. The average molecular weight is 390 g/mol. The van der Waals surface area contributed by atoms with E-state index in [9.17, 15) is 13.9 Å². The van der Waals surface area contributed by atoms with Gasteiger partial charge in [0.2, 0.25) is 6.79 Å². The number of rotatable bonds is 6. The molecule has 8 heteroatoms. The molecule has 1 aliphatic rings. The van der Waals surface area contributed by atoms with Crippen molar-refractivity contribution in [2.75, 3.05) is 6.79 Å². The van der Waals surface area contributed by atoms with Crippen LogP contribution >= 0.6 is 11.8 Å². The average Bonchev–Trinajstić information content (AvgIpc) is 3.27. The Morgan fingerprint density at radius 3 is 2.78 bits per heavy atom. The molecule has 0 spiro atoms. The van der Waals surface area contributed by atoms with Crippen LogP contribution in [0.2, 0.25) is 0 Å². The van der Waals surface area contributed by atoms with Crippen LogP contribution in [0.5, 0.6) is 11.5 Å². The molecule has 0 bridgehead atoms. The number of aliphatic hydroxyl groups excluding tert-OH is 1. The van der Waals surface area contributed by atoms with Crippen molar-refractivity contribution in [3.8, 4) is 11.5 Å². The Labute approximate surface area is 158 Å². The highest BCUT2D eigenvalue weighted by Gasteiger charge is 2.16. The van der Waals surface area contributed by atoms with Gasteiger partial charge >= 0.3 is 0 Å². The molecular weight excluding hydrogens is 374 g/mol. The minimum Gasteiger partial charge on any atom is -0.454 e. The predicted molar refractivity (Wildman–Crippen MR) is 95.7 cm³/mol. The second-order valence-electron chi connectivity index (χ2n) is 5.99. The Bertz CT molecular complexity index is 978. The highest BCUT2D eigenvalue weighted by Crippen LogP contribution is 2.33. The lowest BCUT2D eigenvalue weighted by Gasteiger charge is -2.11. The molecule has 2 aromatic carbocycles. The first kappa shape index (κ1) is 17.8. The van der Waals surface area contributed by atoms with Gasteiger partial charge < -0.3 is 19.1 Å². The zero-order valence-electron chi connectivity index (χ0n) is 14.2. The zero-order chi connectivity index (χ0) is 18.8. The van der Waals surface area contributed by atoms with Crippen LogP contribution in [-0.4, -0.2) is 21.5 Å². The number of benzene rings is 2. The number of imidazole rings is 1. The molecule has 0 saturated carbocycles. The molecule has 27 heavy (non-hydrogen) atoms. The Morgan fingerprint density at radius 2 is 1.96 bits per heavy atom. The Balaban J connectivity index is 1.55. The van der Waals surface area contributed by atoms with E-state index in [1.807, 2.05) is 22.8 Å². The van der Waals surface area contributed by atoms with E-state index in [0.717, 1.165) is 11.6 Å². The summed E-state index contributed by atoms with van der Waals surface area (Å²) < 4.78 is 39.5. The van der Waals surface area contributed by atoms with Crippen molar-refractivity contribution in [1.29, 1.82) is 0 Å². The number of nitrogens with zero attached hydrogens (tertiary/aromatic N) is 2. The summed E-state index contributed by atoms with van der Waals surface area (Å²) in [4.78, 5) is 4.33. The van der Waals surface area contributed by atoms with E-state index in [1.165, 1.54) is 23.9 Å². The first-order valence-electron chi connectivity index (χ1n) is 8.24. The van der Waals surface area contributed by atoms with Crippen molar-refractivity contribution in [3.63, 3.8) is 0 Å². The Kier molecular flexibility index (Phi) is 5.00. The fourth-order valence-electron chi connectivity index (χ4n) is 2.81. The summed E-state index contributed by atoms with van der Waals surface area (Å²) in [6, 6.07) is 9.18. The van der Waals surface area contributed by atoms with Gasteiger partial charge in [0.1, 0.15) is 11.6 Å². The van der Waals surface area contributed by atoms with Gasteiger partial charge in [-0.3, -0.25) is 0 Å². The molecule has 3 aromatic rings. The monoisotopic (exact) mass is 390 g/mol. The number of aliphatic hydroxyl groups is 1. The zero-order valence-corrected chi connectivity index (χ0v) is 15.0. The van der Waals surface area contributed by atoms with Crippen molar-refractivity contribution in [3.05, 3.63) is 71.1 Å². The van der Waals surface area contributed by atoms with Crippen LogP contribution in [0.15, 0.2) is 47.8 Å². The van der Waals surface area contributed by atoms with E-state index >= 15 is 0 Å². The van der Waals surface area contributed by atoms with Gasteiger partial charge in [-0.15, -0.1) is 0 Å². The largest absolute Gasteiger partial charge is 0.454 e. The van der Waals surface area contributed by atoms with E-state index in [1.54, 1.807) is 6.20 Å². The molecule has 4 rings (SSSR count). The molecule has 1 N–H and O–H groups in total. The number of fused-ring (bicyclic) bond motifs is 1. The van der Waals surface area contributed by atoms with Gasteiger partial charge in [-0.2, -0.15) is 0 Å². The fourth-order valence-corrected chi connectivity index (χ4v) is 3.79. The fraction of sp³-hybridized carbons (Fsp3) is 0.211. The minimum absolute atomic E-state index is 0.164. The maximum Gasteiger partial charge on any atom is 0.231 e. The minimum atomic E-state index is -0.604. The lowest BCUT2D eigenvalue weighted by molar-refractivity contribution is 0.174. The maximum absolute atomic E-state index is 13.9. The second kappa shape index (κ2) is 7.58. The van der Waals surface area contributed by atoms with E-state index in [0.29, 0.717) is 40.2 Å². The molecule has 0 saturated heterocycles. The van der Waals surface area contributed by atoms with E-state index in [4.69, 9.17) is 9.47 Å². The predicted octanol–water partition coefficient (Wildman–Crippen LogP) is 3.72. The molecule has 0 aliphatic carbocycles. The van der Waals surface area contributed by atoms with Gasteiger partial charge in [0.15, 0.2) is 16.7 Å².